The van der Waals surface area contributed by atoms with Crippen LogP contribution in [-0.2, 0) is 4.74 Å². The highest BCUT2D eigenvalue weighted by Crippen LogP contribution is 2.27. The summed E-state index contributed by atoms with van der Waals surface area (Å²) in [5.74, 6) is 1.38. The van der Waals surface area contributed by atoms with Crippen LogP contribution < -0.4 is 0 Å². The SMILES string of the molecule is c1cc(-c2ccsc2)n2nc([C@@H]3CCCO3)nc2n1. The van der Waals surface area contributed by atoms with Gasteiger partial charge in [0.05, 0.1) is 5.69 Å². The smallest absolute Gasteiger partial charge is 0.253 e. The Kier molecular flexibility index (Phi) is 2.56. The first kappa shape index (κ1) is 11.1. The Morgan fingerprint density at radius 1 is 1.37 bits per heavy atom. The maximum Gasteiger partial charge on any atom is 0.253 e. The van der Waals surface area contributed by atoms with Crippen molar-refractivity contribution in [3.63, 3.8) is 0 Å². The van der Waals surface area contributed by atoms with E-state index in [1.165, 1.54) is 0 Å². The van der Waals surface area contributed by atoms with Crippen molar-refractivity contribution in [2.75, 3.05) is 6.61 Å². The molecule has 0 radical (unpaired) electrons. The number of thiophene rings is 1. The minimum Gasteiger partial charge on any atom is -0.370 e. The Morgan fingerprint density at radius 2 is 2.37 bits per heavy atom. The molecule has 0 spiro atoms. The van der Waals surface area contributed by atoms with Crippen LogP contribution in [0.25, 0.3) is 17.0 Å². The van der Waals surface area contributed by atoms with Crippen LogP contribution in [0.15, 0.2) is 29.1 Å². The molecule has 1 aliphatic heterocycles. The highest BCUT2D eigenvalue weighted by molar-refractivity contribution is 7.08. The van der Waals surface area contributed by atoms with Gasteiger partial charge in [0.2, 0.25) is 0 Å². The molecule has 0 aliphatic carbocycles. The zero-order chi connectivity index (χ0) is 12.7. The van der Waals surface area contributed by atoms with E-state index >= 15 is 0 Å². The highest BCUT2D eigenvalue weighted by Gasteiger charge is 2.23. The maximum atomic E-state index is 5.64. The second-order valence-corrected chi connectivity index (χ2v) is 5.31. The molecule has 19 heavy (non-hydrogen) atoms. The zero-order valence-corrected chi connectivity index (χ0v) is 11.0. The molecule has 1 atom stereocenters. The highest BCUT2D eigenvalue weighted by atomic mass is 32.1. The molecule has 96 valence electrons. The number of rotatable bonds is 2. The summed E-state index contributed by atoms with van der Waals surface area (Å²) in [6, 6.07) is 4.04. The van der Waals surface area contributed by atoms with Crippen molar-refractivity contribution < 1.29 is 4.74 Å². The van der Waals surface area contributed by atoms with Crippen molar-refractivity contribution in [1.82, 2.24) is 19.6 Å². The van der Waals surface area contributed by atoms with E-state index in [4.69, 9.17) is 4.74 Å². The number of hydrogen-bond donors (Lipinski definition) is 0. The van der Waals surface area contributed by atoms with Crippen molar-refractivity contribution in [1.29, 1.82) is 0 Å². The standard InChI is InChI=1S/C13H12N4OS/c1-2-11(18-6-1)12-15-13-14-5-3-10(17(13)16-12)9-4-7-19-8-9/h3-5,7-8,11H,1-2,6H2/t11-/m0/s1. The minimum atomic E-state index is 0.0250. The molecule has 1 fully saturated rings. The molecular formula is C13H12N4OS. The van der Waals surface area contributed by atoms with E-state index in [2.05, 4.69) is 31.9 Å². The molecular weight excluding hydrogens is 260 g/mol. The van der Waals surface area contributed by atoms with Crippen LogP contribution in [0.4, 0.5) is 0 Å². The topological polar surface area (TPSA) is 52.3 Å². The van der Waals surface area contributed by atoms with Gasteiger partial charge in [-0.3, -0.25) is 0 Å². The van der Waals surface area contributed by atoms with Gasteiger partial charge in [-0.25, -0.2) is 4.98 Å². The fourth-order valence-corrected chi connectivity index (χ4v) is 3.01. The Balaban J connectivity index is 1.86. The van der Waals surface area contributed by atoms with Gasteiger partial charge in [0.1, 0.15) is 6.10 Å². The number of fused-ring (bicyclic) bond motifs is 1. The molecule has 1 saturated heterocycles. The molecule has 5 nitrogen and oxygen atoms in total. The number of ether oxygens (including phenoxy) is 1. The Labute approximate surface area is 113 Å². The first-order valence-electron chi connectivity index (χ1n) is 6.28. The van der Waals surface area contributed by atoms with Gasteiger partial charge in [-0.1, -0.05) is 0 Å². The molecule has 6 heteroatoms. The van der Waals surface area contributed by atoms with Crippen molar-refractivity contribution in [3.05, 3.63) is 34.9 Å². The fourth-order valence-electron chi connectivity index (χ4n) is 2.36. The van der Waals surface area contributed by atoms with Crippen molar-refractivity contribution >= 4 is 17.1 Å². The summed E-state index contributed by atoms with van der Waals surface area (Å²) in [7, 11) is 0. The summed E-state index contributed by atoms with van der Waals surface area (Å²) in [6.07, 6.45) is 3.86. The monoisotopic (exact) mass is 272 g/mol. The first-order valence-corrected chi connectivity index (χ1v) is 7.22. The first-order chi connectivity index (χ1) is 9.42. The summed E-state index contributed by atoms with van der Waals surface area (Å²) >= 11 is 1.67. The van der Waals surface area contributed by atoms with E-state index in [0.717, 1.165) is 36.5 Å². The van der Waals surface area contributed by atoms with E-state index < -0.39 is 0 Å². The third-order valence-corrected chi connectivity index (χ3v) is 3.97. The average Bonchev–Trinajstić information content (AvgIpc) is 3.18. The van der Waals surface area contributed by atoms with Crippen molar-refractivity contribution in [2.45, 2.75) is 18.9 Å². The Bertz CT molecular complexity index is 701. The molecule has 1 aliphatic rings. The summed E-state index contributed by atoms with van der Waals surface area (Å²) in [5, 5.41) is 8.73. The molecule has 0 bridgehead atoms. The fraction of sp³-hybridized carbons (Fsp3) is 0.308. The molecule has 3 aromatic heterocycles. The minimum absolute atomic E-state index is 0.0250. The van der Waals surface area contributed by atoms with Crippen LogP contribution in [-0.4, -0.2) is 26.2 Å². The van der Waals surface area contributed by atoms with Gasteiger partial charge in [-0.2, -0.15) is 20.8 Å². The van der Waals surface area contributed by atoms with Gasteiger partial charge in [-0.05, 0) is 30.4 Å². The largest absolute Gasteiger partial charge is 0.370 e. The number of hydrogen-bond acceptors (Lipinski definition) is 5. The van der Waals surface area contributed by atoms with Gasteiger partial charge >= 0.3 is 0 Å². The lowest BCUT2D eigenvalue weighted by Crippen LogP contribution is -1.99. The van der Waals surface area contributed by atoms with E-state index in [-0.39, 0.29) is 6.10 Å². The van der Waals surface area contributed by atoms with Gasteiger partial charge in [0, 0.05) is 23.7 Å². The van der Waals surface area contributed by atoms with Crippen molar-refractivity contribution in [3.8, 4) is 11.3 Å². The van der Waals surface area contributed by atoms with E-state index in [1.807, 2.05) is 6.07 Å². The quantitative estimate of drug-likeness (QED) is 0.719. The number of aromatic nitrogens is 4. The third kappa shape index (κ3) is 1.84. The molecule has 0 amide bonds. The zero-order valence-electron chi connectivity index (χ0n) is 10.2. The predicted octanol–water partition coefficient (Wildman–Crippen LogP) is 2.70. The van der Waals surface area contributed by atoms with Crippen LogP contribution >= 0.6 is 11.3 Å². The second kappa shape index (κ2) is 4.40. The molecule has 4 rings (SSSR count). The predicted molar refractivity (Wildman–Crippen MR) is 72.0 cm³/mol. The van der Waals surface area contributed by atoms with Crippen LogP contribution in [0.3, 0.4) is 0 Å². The van der Waals surface area contributed by atoms with E-state index in [0.29, 0.717) is 5.78 Å². The Hall–Kier alpha value is -1.79. The van der Waals surface area contributed by atoms with E-state index in [9.17, 15) is 0 Å². The second-order valence-electron chi connectivity index (χ2n) is 4.53. The molecule has 0 N–H and O–H groups in total. The lowest BCUT2D eigenvalue weighted by molar-refractivity contribution is 0.105. The summed E-state index contributed by atoms with van der Waals surface area (Å²) < 4.78 is 7.44. The average molecular weight is 272 g/mol. The van der Waals surface area contributed by atoms with Crippen LogP contribution in [0.2, 0.25) is 0 Å². The van der Waals surface area contributed by atoms with Crippen molar-refractivity contribution in [2.24, 2.45) is 0 Å². The van der Waals surface area contributed by atoms with Gasteiger partial charge < -0.3 is 4.74 Å². The van der Waals surface area contributed by atoms with E-state index in [1.54, 1.807) is 22.0 Å². The lowest BCUT2D eigenvalue weighted by atomic mass is 10.2. The summed E-state index contributed by atoms with van der Waals surface area (Å²) in [5.41, 5.74) is 2.16. The van der Waals surface area contributed by atoms with Gasteiger partial charge in [0.25, 0.3) is 5.78 Å². The van der Waals surface area contributed by atoms with Gasteiger partial charge in [-0.15, -0.1) is 5.10 Å². The summed E-state index contributed by atoms with van der Waals surface area (Å²) in [4.78, 5) is 8.77. The molecule has 3 aromatic rings. The Morgan fingerprint density at radius 3 is 3.16 bits per heavy atom. The van der Waals surface area contributed by atoms with Crippen LogP contribution in [0.1, 0.15) is 24.8 Å². The third-order valence-electron chi connectivity index (χ3n) is 3.29. The molecule has 0 unspecified atom stereocenters. The summed E-state index contributed by atoms with van der Waals surface area (Å²) in [6.45, 7) is 0.797. The van der Waals surface area contributed by atoms with Crippen LogP contribution in [0.5, 0.6) is 0 Å². The molecule has 0 saturated carbocycles. The van der Waals surface area contributed by atoms with Crippen LogP contribution in [0, 0.1) is 0 Å². The normalized spacial score (nSPS) is 19.3. The molecule has 0 aromatic carbocycles. The molecule has 4 heterocycles. The maximum absolute atomic E-state index is 5.64. The van der Waals surface area contributed by atoms with Gasteiger partial charge in [0.15, 0.2) is 5.82 Å². The lowest BCUT2D eigenvalue weighted by Gasteiger charge is -2.02. The number of nitrogens with zero attached hydrogens (tertiary/aromatic N) is 4.